The van der Waals surface area contributed by atoms with E-state index in [0.717, 1.165) is 18.8 Å². The van der Waals surface area contributed by atoms with E-state index in [0.29, 0.717) is 18.9 Å². The van der Waals surface area contributed by atoms with Crippen LogP contribution in [0.15, 0.2) is 42.5 Å². The van der Waals surface area contributed by atoms with Crippen LogP contribution >= 0.6 is 0 Å². The van der Waals surface area contributed by atoms with Crippen LogP contribution in [0.2, 0.25) is 0 Å². The zero-order chi connectivity index (χ0) is 18.4. The number of hydrogen-bond donors (Lipinski definition) is 1. The number of hydrogen-bond acceptors (Lipinski definition) is 6. The van der Waals surface area contributed by atoms with E-state index in [2.05, 4.69) is 15.2 Å². The van der Waals surface area contributed by atoms with Crippen molar-refractivity contribution >= 4 is 23.3 Å². The van der Waals surface area contributed by atoms with Crippen LogP contribution in [0.1, 0.15) is 27.9 Å². The fourth-order valence-electron chi connectivity index (χ4n) is 2.73. The van der Waals surface area contributed by atoms with Crippen molar-refractivity contribution in [2.75, 3.05) is 43.1 Å². The second-order valence-corrected chi connectivity index (χ2v) is 5.70. The van der Waals surface area contributed by atoms with Gasteiger partial charge in [-0.25, -0.2) is 9.78 Å². The normalized spacial score (nSPS) is 14.0. The van der Waals surface area contributed by atoms with Crippen LogP contribution in [0, 0.1) is 0 Å². The molecule has 1 saturated heterocycles. The summed E-state index contributed by atoms with van der Waals surface area (Å²) in [4.78, 5) is 30.7. The smallest absolute Gasteiger partial charge is 0.356 e. The van der Waals surface area contributed by atoms with Gasteiger partial charge in [0.15, 0.2) is 0 Å². The van der Waals surface area contributed by atoms with E-state index in [1.807, 2.05) is 24.3 Å². The van der Waals surface area contributed by atoms with Crippen LogP contribution in [0.4, 0.5) is 11.4 Å². The van der Waals surface area contributed by atoms with Gasteiger partial charge in [0.05, 0.1) is 31.2 Å². The molecule has 0 spiro atoms. The van der Waals surface area contributed by atoms with E-state index < -0.39 is 5.97 Å². The van der Waals surface area contributed by atoms with Crippen molar-refractivity contribution in [1.29, 1.82) is 0 Å². The molecule has 1 aromatic carbocycles. The molecule has 0 aliphatic carbocycles. The molecule has 0 saturated carbocycles. The van der Waals surface area contributed by atoms with Gasteiger partial charge in [0.2, 0.25) is 0 Å². The predicted molar refractivity (Wildman–Crippen MR) is 97.6 cm³/mol. The van der Waals surface area contributed by atoms with E-state index in [1.54, 1.807) is 19.1 Å². The molecule has 7 heteroatoms. The lowest BCUT2D eigenvalue weighted by molar-refractivity contribution is 0.0519. The molecular formula is C19H21N3O4. The highest BCUT2D eigenvalue weighted by Gasteiger charge is 2.18. The predicted octanol–water partition coefficient (Wildman–Crippen LogP) is 2.35. The number of nitrogens with zero attached hydrogens (tertiary/aromatic N) is 2. The number of carbonyl (C=O) groups excluding carboxylic acids is 2. The first kappa shape index (κ1) is 17.9. The molecule has 1 amide bonds. The number of aromatic nitrogens is 1. The molecule has 0 bridgehead atoms. The first-order valence-electron chi connectivity index (χ1n) is 8.56. The lowest BCUT2D eigenvalue weighted by Gasteiger charge is -2.30. The lowest BCUT2D eigenvalue weighted by Crippen LogP contribution is -2.36. The fourth-order valence-corrected chi connectivity index (χ4v) is 2.73. The Labute approximate surface area is 151 Å². The van der Waals surface area contributed by atoms with Gasteiger partial charge in [-0.05, 0) is 31.2 Å². The molecule has 7 nitrogen and oxygen atoms in total. The number of anilines is 2. The van der Waals surface area contributed by atoms with Gasteiger partial charge in [-0.3, -0.25) is 4.79 Å². The van der Waals surface area contributed by atoms with E-state index in [-0.39, 0.29) is 23.9 Å². The number of ether oxygens (including phenoxy) is 2. The van der Waals surface area contributed by atoms with Crippen molar-refractivity contribution in [3.8, 4) is 0 Å². The van der Waals surface area contributed by atoms with Crippen molar-refractivity contribution in [3.05, 3.63) is 53.9 Å². The molecule has 2 heterocycles. The molecule has 1 aromatic heterocycles. The number of rotatable bonds is 5. The van der Waals surface area contributed by atoms with Gasteiger partial charge in [0, 0.05) is 13.1 Å². The number of amides is 1. The summed E-state index contributed by atoms with van der Waals surface area (Å²) in [6, 6.07) is 12.3. The minimum absolute atomic E-state index is 0.112. The number of nitrogens with one attached hydrogen (secondary N) is 1. The third-order valence-corrected chi connectivity index (χ3v) is 3.97. The van der Waals surface area contributed by atoms with Gasteiger partial charge < -0.3 is 19.7 Å². The highest BCUT2D eigenvalue weighted by molar-refractivity contribution is 6.05. The van der Waals surface area contributed by atoms with Crippen LogP contribution in [-0.4, -0.2) is 49.8 Å². The second kappa shape index (κ2) is 8.44. The van der Waals surface area contributed by atoms with Crippen LogP contribution in [-0.2, 0) is 9.47 Å². The molecule has 136 valence electrons. The summed E-state index contributed by atoms with van der Waals surface area (Å²) in [6.45, 7) is 4.82. The van der Waals surface area contributed by atoms with E-state index in [1.165, 1.54) is 6.07 Å². The number of carbonyl (C=O) groups is 2. The van der Waals surface area contributed by atoms with Gasteiger partial charge in [-0.15, -0.1) is 0 Å². The Morgan fingerprint density at radius 3 is 2.62 bits per heavy atom. The molecule has 0 atom stereocenters. The van der Waals surface area contributed by atoms with E-state index >= 15 is 0 Å². The first-order chi connectivity index (χ1) is 12.7. The summed E-state index contributed by atoms with van der Waals surface area (Å²) in [6.07, 6.45) is 0. The number of pyridine rings is 1. The molecule has 3 rings (SSSR count). The van der Waals surface area contributed by atoms with Crippen molar-refractivity contribution in [3.63, 3.8) is 0 Å². The molecule has 1 fully saturated rings. The second-order valence-electron chi connectivity index (χ2n) is 5.70. The van der Waals surface area contributed by atoms with E-state index in [4.69, 9.17) is 9.47 Å². The molecule has 1 aliphatic heterocycles. The van der Waals surface area contributed by atoms with Gasteiger partial charge in [0.1, 0.15) is 11.4 Å². The van der Waals surface area contributed by atoms with E-state index in [9.17, 15) is 9.59 Å². The summed E-state index contributed by atoms with van der Waals surface area (Å²) >= 11 is 0. The zero-order valence-corrected chi connectivity index (χ0v) is 14.6. The average molecular weight is 355 g/mol. The molecule has 0 unspecified atom stereocenters. The van der Waals surface area contributed by atoms with Crippen molar-refractivity contribution < 1.29 is 19.1 Å². The number of benzene rings is 1. The third-order valence-electron chi connectivity index (χ3n) is 3.97. The number of morpholine rings is 1. The standard InChI is InChI=1S/C19H21N3O4/c1-2-26-19(24)16-8-5-7-15(20-16)18(23)21-14-6-3-4-9-17(14)22-10-12-25-13-11-22/h3-9H,2,10-13H2,1H3,(H,21,23). The van der Waals surface area contributed by atoms with Crippen molar-refractivity contribution in [1.82, 2.24) is 4.98 Å². The SMILES string of the molecule is CCOC(=O)c1cccc(C(=O)Nc2ccccc2N2CCOCC2)n1. The lowest BCUT2D eigenvalue weighted by atomic mass is 10.2. The highest BCUT2D eigenvalue weighted by atomic mass is 16.5. The molecule has 1 N–H and O–H groups in total. The van der Waals surface area contributed by atoms with Crippen molar-refractivity contribution in [2.24, 2.45) is 0 Å². The third kappa shape index (κ3) is 4.18. The Morgan fingerprint density at radius 2 is 1.85 bits per heavy atom. The fraction of sp³-hybridized carbons (Fsp3) is 0.316. The number of esters is 1. The summed E-state index contributed by atoms with van der Waals surface area (Å²) < 4.78 is 10.3. The topological polar surface area (TPSA) is 80.8 Å². The molecular weight excluding hydrogens is 334 g/mol. The summed E-state index contributed by atoms with van der Waals surface area (Å²) in [5.41, 5.74) is 1.90. The Bertz CT molecular complexity index is 788. The first-order valence-corrected chi connectivity index (χ1v) is 8.56. The summed E-state index contributed by atoms with van der Waals surface area (Å²) in [7, 11) is 0. The summed E-state index contributed by atoms with van der Waals surface area (Å²) in [5.74, 6) is -0.923. The van der Waals surface area contributed by atoms with Crippen LogP contribution in [0.3, 0.4) is 0 Å². The number of para-hydroxylation sites is 2. The monoisotopic (exact) mass is 355 g/mol. The molecule has 0 radical (unpaired) electrons. The van der Waals surface area contributed by atoms with Crippen LogP contribution < -0.4 is 10.2 Å². The van der Waals surface area contributed by atoms with Gasteiger partial charge in [0.25, 0.3) is 5.91 Å². The zero-order valence-electron chi connectivity index (χ0n) is 14.6. The average Bonchev–Trinajstić information content (AvgIpc) is 2.69. The van der Waals surface area contributed by atoms with Gasteiger partial charge in [-0.1, -0.05) is 18.2 Å². The van der Waals surface area contributed by atoms with Crippen LogP contribution in [0.25, 0.3) is 0 Å². The summed E-state index contributed by atoms with van der Waals surface area (Å²) in [5, 5.41) is 2.89. The minimum Gasteiger partial charge on any atom is -0.461 e. The molecule has 2 aromatic rings. The van der Waals surface area contributed by atoms with Crippen LogP contribution in [0.5, 0.6) is 0 Å². The Morgan fingerprint density at radius 1 is 1.12 bits per heavy atom. The Kier molecular flexibility index (Phi) is 5.80. The van der Waals surface area contributed by atoms with Gasteiger partial charge in [-0.2, -0.15) is 0 Å². The van der Waals surface area contributed by atoms with Gasteiger partial charge >= 0.3 is 5.97 Å². The largest absolute Gasteiger partial charge is 0.461 e. The quantitative estimate of drug-likeness (QED) is 0.829. The maximum absolute atomic E-state index is 12.6. The maximum Gasteiger partial charge on any atom is 0.356 e. The molecule has 26 heavy (non-hydrogen) atoms. The van der Waals surface area contributed by atoms with Crippen molar-refractivity contribution in [2.45, 2.75) is 6.92 Å². The highest BCUT2D eigenvalue weighted by Crippen LogP contribution is 2.26. The minimum atomic E-state index is -0.545. The Balaban J connectivity index is 1.78. The Hall–Kier alpha value is -2.93. The molecule has 1 aliphatic rings. The maximum atomic E-state index is 12.6.